The first kappa shape index (κ1) is 27.7. The standard InChI is InChI=1S/C25H36FN7O2/c1-5-14-28-24-19(17-29-25(31-24)30-21-12-10-20(26)11-13-21)8-6-15-27-22(34)18-33(4)23(35)9-7-16-32(2)3/h7,9-13,17H,5-6,8,14-16,18H2,1-4H3,(H,27,34)(H2,28,29,30,31)/b9-7+. The van der Waals surface area contributed by atoms with Gasteiger partial charge in [0.1, 0.15) is 11.6 Å². The van der Waals surface area contributed by atoms with Crippen LogP contribution in [0.3, 0.4) is 0 Å². The summed E-state index contributed by atoms with van der Waals surface area (Å²) in [4.78, 5) is 36.5. The van der Waals surface area contributed by atoms with E-state index in [0.717, 1.165) is 24.3 Å². The van der Waals surface area contributed by atoms with Crippen LogP contribution in [0.15, 0.2) is 42.6 Å². The number of anilines is 3. The lowest BCUT2D eigenvalue weighted by atomic mass is 10.1. The van der Waals surface area contributed by atoms with Crippen LogP contribution in [0, 0.1) is 5.82 Å². The largest absolute Gasteiger partial charge is 0.370 e. The average Bonchev–Trinajstić information content (AvgIpc) is 2.82. The second kappa shape index (κ2) is 14.7. The summed E-state index contributed by atoms with van der Waals surface area (Å²) in [5.41, 5.74) is 1.63. The molecule has 0 fully saturated rings. The molecule has 0 radical (unpaired) electrons. The topological polar surface area (TPSA) is 102 Å². The zero-order valence-corrected chi connectivity index (χ0v) is 21.0. The number of nitrogens with zero attached hydrogens (tertiary/aromatic N) is 4. The van der Waals surface area contributed by atoms with Gasteiger partial charge in [-0.25, -0.2) is 9.37 Å². The number of aromatic nitrogens is 2. The molecule has 0 aliphatic rings. The molecule has 190 valence electrons. The molecule has 2 amide bonds. The van der Waals surface area contributed by atoms with Crippen molar-refractivity contribution >= 4 is 29.3 Å². The first-order valence-electron chi connectivity index (χ1n) is 11.7. The number of aryl methyl sites for hydroxylation is 1. The number of benzene rings is 1. The van der Waals surface area contributed by atoms with E-state index in [2.05, 4.69) is 32.8 Å². The summed E-state index contributed by atoms with van der Waals surface area (Å²) in [7, 11) is 5.44. The van der Waals surface area contributed by atoms with E-state index in [1.165, 1.54) is 23.1 Å². The van der Waals surface area contributed by atoms with Gasteiger partial charge in [-0.1, -0.05) is 13.0 Å². The van der Waals surface area contributed by atoms with E-state index in [-0.39, 0.29) is 24.2 Å². The third-order valence-electron chi connectivity index (χ3n) is 4.94. The maximum atomic E-state index is 13.1. The Balaban J connectivity index is 1.84. The molecule has 10 heteroatoms. The van der Waals surface area contributed by atoms with Crippen LogP contribution in [0.1, 0.15) is 25.3 Å². The van der Waals surface area contributed by atoms with Gasteiger partial charge in [0.25, 0.3) is 0 Å². The van der Waals surface area contributed by atoms with Crippen LogP contribution in [-0.2, 0) is 16.0 Å². The Hall–Kier alpha value is -3.53. The summed E-state index contributed by atoms with van der Waals surface area (Å²) in [5.74, 6) is 0.424. The fourth-order valence-electron chi connectivity index (χ4n) is 3.06. The average molecular weight is 486 g/mol. The molecule has 0 saturated heterocycles. The number of carbonyl (C=O) groups excluding carboxylic acids is 2. The highest BCUT2D eigenvalue weighted by Crippen LogP contribution is 2.19. The number of likely N-dealkylation sites (N-methyl/N-ethyl adjacent to an activating group) is 2. The molecule has 2 rings (SSSR count). The Labute approximate surface area is 206 Å². The lowest BCUT2D eigenvalue weighted by Gasteiger charge is -2.15. The zero-order valence-electron chi connectivity index (χ0n) is 21.0. The zero-order chi connectivity index (χ0) is 25.6. The third-order valence-corrected chi connectivity index (χ3v) is 4.94. The van der Waals surface area contributed by atoms with Crippen molar-refractivity contribution in [2.45, 2.75) is 26.2 Å². The van der Waals surface area contributed by atoms with Gasteiger partial charge >= 0.3 is 0 Å². The van der Waals surface area contributed by atoms with Crippen molar-refractivity contribution in [3.63, 3.8) is 0 Å². The minimum atomic E-state index is -0.306. The SMILES string of the molecule is CCCNc1nc(Nc2ccc(F)cc2)ncc1CCCNC(=O)CN(C)C(=O)/C=C/CN(C)C. The molecule has 0 aliphatic heterocycles. The van der Waals surface area contributed by atoms with Gasteiger partial charge in [0, 0.05) is 50.2 Å². The van der Waals surface area contributed by atoms with E-state index in [9.17, 15) is 14.0 Å². The Bertz CT molecular complexity index is 980. The number of hydrogen-bond acceptors (Lipinski definition) is 7. The molecule has 9 nitrogen and oxygen atoms in total. The molecule has 0 bridgehead atoms. The highest BCUT2D eigenvalue weighted by Gasteiger charge is 2.11. The predicted octanol–water partition coefficient (Wildman–Crippen LogP) is 2.81. The fraction of sp³-hybridized carbons (Fsp3) is 0.440. The van der Waals surface area contributed by atoms with Crippen LogP contribution in [0.4, 0.5) is 21.8 Å². The summed E-state index contributed by atoms with van der Waals surface area (Å²) in [6.07, 6.45) is 7.31. The van der Waals surface area contributed by atoms with Gasteiger partial charge in [-0.15, -0.1) is 0 Å². The van der Waals surface area contributed by atoms with Crippen LogP contribution in [0.25, 0.3) is 0 Å². The van der Waals surface area contributed by atoms with Crippen molar-refractivity contribution < 1.29 is 14.0 Å². The minimum Gasteiger partial charge on any atom is -0.370 e. The van der Waals surface area contributed by atoms with Crippen LogP contribution in [0.5, 0.6) is 0 Å². The molecule has 0 unspecified atom stereocenters. The van der Waals surface area contributed by atoms with E-state index < -0.39 is 0 Å². The van der Waals surface area contributed by atoms with E-state index >= 15 is 0 Å². The van der Waals surface area contributed by atoms with Crippen LogP contribution in [-0.4, -0.2) is 78.9 Å². The minimum absolute atomic E-state index is 0.00130. The quantitative estimate of drug-likeness (QED) is 0.279. The van der Waals surface area contributed by atoms with Gasteiger partial charge in [-0.3, -0.25) is 9.59 Å². The molecular formula is C25H36FN7O2. The van der Waals surface area contributed by atoms with Crippen molar-refractivity contribution in [1.29, 1.82) is 0 Å². The van der Waals surface area contributed by atoms with Gasteiger partial charge in [-0.05, 0) is 57.6 Å². The highest BCUT2D eigenvalue weighted by atomic mass is 19.1. The molecule has 0 aliphatic carbocycles. The molecule has 3 N–H and O–H groups in total. The molecule has 1 aromatic carbocycles. The summed E-state index contributed by atoms with van der Waals surface area (Å²) in [6, 6.07) is 5.99. The van der Waals surface area contributed by atoms with Crippen LogP contribution < -0.4 is 16.0 Å². The van der Waals surface area contributed by atoms with Crippen molar-refractivity contribution in [2.75, 3.05) is 58.0 Å². The molecule has 0 spiro atoms. The second-order valence-corrected chi connectivity index (χ2v) is 8.44. The first-order valence-corrected chi connectivity index (χ1v) is 11.7. The third kappa shape index (κ3) is 10.5. The van der Waals surface area contributed by atoms with E-state index in [4.69, 9.17) is 0 Å². The number of hydrogen-bond donors (Lipinski definition) is 3. The van der Waals surface area contributed by atoms with Crippen molar-refractivity contribution in [3.05, 3.63) is 54.0 Å². The van der Waals surface area contributed by atoms with Crippen molar-refractivity contribution in [3.8, 4) is 0 Å². The number of rotatable bonds is 14. The monoisotopic (exact) mass is 485 g/mol. The number of halogens is 1. The Morgan fingerprint density at radius 3 is 2.54 bits per heavy atom. The first-order chi connectivity index (χ1) is 16.8. The molecular weight excluding hydrogens is 449 g/mol. The Morgan fingerprint density at radius 2 is 1.86 bits per heavy atom. The number of amides is 2. The maximum Gasteiger partial charge on any atom is 0.246 e. The molecule has 0 atom stereocenters. The van der Waals surface area contributed by atoms with Gasteiger partial charge in [0.15, 0.2) is 0 Å². The van der Waals surface area contributed by atoms with Gasteiger partial charge in [0.05, 0.1) is 6.54 Å². The van der Waals surface area contributed by atoms with E-state index in [1.807, 2.05) is 19.0 Å². The van der Waals surface area contributed by atoms with Crippen molar-refractivity contribution in [2.24, 2.45) is 0 Å². The summed E-state index contributed by atoms with van der Waals surface area (Å²) in [6.45, 7) is 3.97. The van der Waals surface area contributed by atoms with Gasteiger partial charge in [0.2, 0.25) is 17.8 Å². The van der Waals surface area contributed by atoms with Gasteiger partial charge < -0.3 is 25.8 Å². The predicted molar refractivity (Wildman–Crippen MR) is 137 cm³/mol. The number of nitrogens with one attached hydrogen (secondary N) is 3. The molecule has 35 heavy (non-hydrogen) atoms. The van der Waals surface area contributed by atoms with Crippen LogP contribution in [0.2, 0.25) is 0 Å². The lowest BCUT2D eigenvalue weighted by molar-refractivity contribution is -0.131. The smallest absolute Gasteiger partial charge is 0.246 e. The molecule has 1 heterocycles. The fourth-order valence-corrected chi connectivity index (χ4v) is 3.06. The molecule has 1 aromatic heterocycles. The Kier molecular flexibility index (Phi) is 11.6. The normalized spacial score (nSPS) is 11.0. The summed E-state index contributed by atoms with van der Waals surface area (Å²) >= 11 is 0. The van der Waals surface area contributed by atoms with E-state index in [0.29, 0.717) is 37.6 Å². The second-order valence-electron chi connectivity index (χ2n) is 8.44. The lowest BCUT2D eigenvalue weighted by Crippen LogP contribution is -2.38. The maximum absolute atomic E-state index is 13.1. The molecule has 2 aromatic rings. The van der Waals surface area contributed by atoms with Gasteiger partial charge in [-0.2, -0.15) is 4.98 Å². The number of carbonyl (C=O) groups is 2. The highest BCUT2D eigenvalue weighted by molar-refractivity contribution is 5.91. The summed E-state index contributed by atoms with van der Waals surface area (Å²) < 4.78 is 13.1. The Morgan fingerprint density at radius 1 is 1.11 bits per heavy atom. The molecule has 0 saturated carbocycles. The summed E-state index contributed by atoms with van der Waals surface area (Å²) in [5, 5.41) is 9.25. The van der Waals surface area contributed by atoms with Crippen molar-refractivity contribution in [1.82, 2.24) is 25.1 Å². The van der Waals surface area contributed by atoms with E-state index in [1.54, 1.807) is 31.5 Å². The van der Waals surface area contributed by atoms with Crippen LogP contribution >= 0.6 is 0 Å².